The van der Waals surface area contributed by atoms with Gasteiger partial charge in [0.25, 0.3) is 0 Å². The van der Waals surface area contributed by atoms with Crippen molar-refractivity contribution in [3.05, 3.63) is 36.7 Å². The number of esters is 1. The molecule has 43 heavy (non-hydrogen) atoms. The second-order valence-corrected chi connectivity index (χ2v) is 12.4. The summed E-state index contributed by atoms with van der Waals surface area (Å²) in [7, 11) is -4.29. The fraction of sp³-hybridized carbons (Fsp3) is 0.556. The highest BCUT2D eigenvalue weighted by Crippen LogP contribution is 2.48. The van der Waals surface area contributed by atoms with Crippen LogP contribution < -0.4 is 20.7 Å². The van der Waals surface area contributed by atoms with Crippen molar-refractivity contribution in [1.29, 1.82) is 0 Å². The lowest BCUT2D eigenvalue weighted by Gasteiger charge is -2.25. The summed E-state index contributed by atoms with van der Waals surface area (Å²) < 4.78 is 53.6. The first-order valence-electron chi connectivity index (χ1n) is 14.1. The van der Waals surface area contributed by atoms with E-state index < -0.39 is 56.6 Å². The summed E-state index contributed by atoms with van der Waals surface area (Å²) in [5.41, 5.74) is 4.13. The van der Waals surface area contributed by atoms with Crippen molar-refractivity contribution in [2.75, 3.05) is 24.2 Å². The molecule has 0 bridgehead atoms. The number of carbonyl (C=O) groups excluding carboxylic acids is 1. The van der Waals surface area contributed by atoms with E-state index in [2.05, 4.69) is 32.3 Å². The zero-order valence-corrected chi connectivity index (χ0v) is 25.7. The van der Waals surface area contributed by atoms with Crippen LogP contribution in [0.2, 0.25) is 0 Å². The van der Waals surface area contributed by atoms with Crippen LogP contribution in [0, 0.1) is 0 Å². The molecule has 3 heterocycles. The number of nitrogens with one attached hydrogen (secondary N) is 2. The number of anilines is 2. The van der Waals surface area contributed by atoms with Gasteiger partial charge in [-0.05, 0) is 46.2 Å². The van der Waals surface area contributed by atoms with Gasteiger partial charge < -0.3 is 30.2 Å². The molecule has 1 aromatic carbocycles. The van der Waals surface area contributed by atoms with Gasteiger partial charge in [0.05, 0.1) is 19.0 Å². The van der Waals surface area contributed by atoms with Crippen molar-refractivity contribution in [2.45, 2.75) is 83.7 Å². The van der Waals surface area contributed by atoms with Crippen molar-refractivity contribution in [2.24, 2.45) is 0 Å². The van der Waals surface area contributed by atoms with E-state index in [-0.39, 0.29) is 17.3 Å². The highest BCUT2D eigenvalue weighted by Gasteiger charge is 2.56. The molecule has 2 aromatic heterocycles. The van der Waals surface area contributed by atoms with Crippen molar-refractivity contribution >= 4 is 36.6 Å². The maximum absolute atomic E-state index is 16.1. The molecule has 0 radical (unpaired) electrons. The zero-order chi connectivity index (χ0) is 31.4. The van der Waals surface area contributed by atoms with Crippen molar-refractivity contribution in [3.63, 3.8) is 0 Å². The molecule has 5 N–H and O–H groups in total. The van der Waals surface area contributed by atoms with E-state index in [1.54, 1.807) is 44.2 Å². The second-order valence-electron chi connectivity index (χ2n) is 10.7. The summed E-state index contributed by atoms with van der Waals surface area (Å²) in [5.74, 6) is -0.151. The molecule has 16 heteroatoms. The van der Waals surface area contributed by atoms with Gasteiger partial charge in [0.1, 0.15) is 24.0 Å². The van der Waals surface area contributed by atoms with E-state index in [1.165, 1.54) is 24.7 Å². The Balaban J connectivity index is 1.55. The number of imidazole rings is 1. The van der Waals surface area contributed by atoms with E-state index in [0.29, 0.717) is 17.9 Å². The summed E-state index contributed by atoms with van der Waals surface area (Å²) >= 11 is 0. The van der Waals surface area contributed by atoms with Crippen molar-refractivity contribution < 1.29 is 37.4 Å². The van der Waals surface area contributed by atoms with Crippen LogP contribution in [0.15, 0.2) is 36.7 Å². The molecule has 1 aliphatic rings. The van der Waals surface area contributed by atoms with Gasteiger partial charge >= 0.3 is 13.7 Å². The number of carbonyl (C=O) groups is 1. The Kier molecular flexibility index (Phi) is 10.2. The average molecular weight is 624 g/mol. The predicted octanol–water partition coefficient (Wildman–Crippen LogP) is 3.74. The maximum Gasteiger partial charge on any atom is 0.459 e. The molecule has 1 saturated heterocycles. The van der Waals surface area contributed by atoms with Crippen LogP contribution in [0.4, 0.5) is 16.2 Å². The molecule has 0 amide bonds. The number of aliphatic hydroxyl groups excluding tert-OH is 1. The molecule has 236 valence electrons. The van der Waals surface area contributed by atoms with Gasteiger partial charge in [-0.25, -0.2) is 13.9 Å². The predicted molar refractivity (Wildman–Crippen MR) is 157 cm³/mol. The molecular weight excluding hydrogens is 584 g/mol. The lowest BCUT2D eigenvalue weighted by atomic mass is 9.98. The Morgan fingerprint density at radius 2 is 2.00 bits per heavy atom. The van der Waals surface area contributed by atoms with Crippen LogP contribution in [0.25, 0.3) is 11.2 Å². The van der Waals surface area contributed by atoms with Gasteiger partial charge in [0.2, 0.25) is 5.95 Å². The summed E-state index contributed by atoms with van der Waals surface area (Å²) in [6, 6.07) is 7.07. The first kappa shape index (κ1) is 32.6. The fourth-order valence-electron chi connectivity index (χ4n) is 4.47. The number of hydrogen-bond acceptors (Lipinski definition) is 12. The van der Waals surface area contributed by atoms with E-state index in [1.807, 2.05) is 0 Å². The Labute approximate surface area is 249 Å². The van der Waals surface area contributed by atoms with Crippen LogP contribution in [0.5, 0.6) is 5.75 Å². The lowest BCUT2D eigenvalue weighted by Crippen LogP contribution is -2.41. The molecule has 4 rings (SSSR count). The maximum atomic E-state index is 16.1. The Morgan fingerprint density at radius 1 is 1.28 bits per heavy atom. The number of aliphatic hydroxyl groups is 1. The molecule has 0 spiro atoms. The van der Waals surface area contributed by atoms with E-state index in [9.17, 15) is 14.5 Å². The van der Waals surface area contributed by atoms with Crippen LogP contribution in [0.3, 0.4) is 0 Å². The first-order chi connectivity index (χ1) is 20.3. The third-order valence-corrected chi connectivity index (χ3v) is 8.31. The van der Waals surface area contributed by atoms with E-state index >= 15 is 4.39 Å². The number of fused-ring (bicyclic) bond motifs is 1. The number of para-hydroxylation sites is 1. The van der Waals surface area contributed by atoms with E-state index in [0.717, 1.165) is 12.8 Å². The number of hydrogen-bond donors (Lipinski definition) is 4. The van der Waals surface area contributed by atoms with Gasteiger partial charge in [-0.1, -0.05) is 31.5 Å². The van der Waals surface area contributed by atoms with Crippen LogP contribution >= 0.6 is 7.75 Å². The number of aromatic nitrogens is 4. The van der Waals surface area contributed by atoms with Gasteiger partial charge in [-0.2, -0.15) is 15.1 Å². The number of unbranched alkanes of at least 4 members (excludes halogenated alkanes) is 1. The smallest absolute Gasteiger partial charge is 0.459 e. The highest BCUT2D eigenvalue weighted by molar-refractivity contribution is 7.52. The number of rotatable bonds is 14. The molecule has 1 fully saturated rings. The third kappa shape index (κ3) is 7.60. The quantitative estimate of drug-likeness (QED) is 0.116. The van der Waals surface area contributed by atoms with E-state index in [4.69, 9.17) is 24.3 Å². The second kappa shape index (κ2) is 13.5. The minimum absolute atomic E-state index is 0.0533. The topological polar surface area (TPSA) is 185 Å². The molecule has 0 aliphatic carbocycles. The number of nitrogens with two attached hydrogens (primary N) is 1. The third-order valence-electron chi connectivity index (χ3n) is 6.67. The Morgan fingerprint density at radius 3 is 2.67 bits per heavy atom. The normalized spacial score (nSPS) is 24.1. The first-order valence-corrected chi connectivity index (χ1v) is 15.6. The standard InChI is InChI=1S/C27H39FN7O7P/c1-6-7-13-30-22-20-23(33-26(29)32-22)35(15-31-20)25-27(5,28)21(36)19(41-25)14-39-43(38,42-18-11-9-8-10-12-18)34-17(4)24(37)40-16(2)3/h8-12,15-17,19,21,25,36H,6-7,13-14H2,1-5H3,(H,34,38)(H3,29,30,32,33)/t17-,19+,21+,25+,27+,43?/m0/s1. The Hall–Kier alpha value is -3.36. The van der Waals surface area contributed by atoms with Gasteiger partial charge in [0.15, 0.2) is 28.9 Å². The number of alkyl halides is 1. The minimum atomic E-state index is -4.29. The van der Waals surface area contributed by atoms with Crippen LogP contribution in [-0.2, 0) is 23.4 Å². The molecule has 1 unspecified atom stereocenters. The molecular formula is C27H39FN7O7P. The Bertz CT molecular complexity index is 1440. The number of benzene rings is 1. The monoisotopic (exact) mass is 623 g/mol. The van der Waals surface area contributed by atoms with Gasteiger partial charge in [-0.3, -0.25) is 13.9 Å². The highest BCUT2D eigenvalue weighted by atomic mass is 31.2. The summed E-state index contributed by atoms with van der Waals surface area (Å²) in [4.78, 5) is 25.2. The number of nitrogens with zero attached hydrogens (tertiary/aromatic N) is 4. The largest absolute Gasteiger partial charge is 0.462 e. The lowest BCUT2D eigenvalue weighted by molar-refractivity contribution is -0.149. The molecule has 14 nitrogen and oxygen atoms in total. The van der Waals surface area contributed by atoms with Crippen LogP contribution in [-0.4, -0.2) is 73.8 Å². The number of nitrogen functional groups attached to an aromatic ring is 1. The van der Waals surface area contributed by atoms with Gasteiger partial charge in [0, 0.05) is 6.54 Å². The fourth-order valence-corrected chi connectivity index (χ4v) is 5.97. The van der Waals surface area contributed by atoms with Crippen LogP contribution in [0.1, 0.15) is 53.7 Å². The van der Waals surface area contributed by atoms with Crippen molar-refractivity contribution in [1.82, 2.24) is 24.6 Å². The zero-order valence-electron chi connectivity index (χ0n) is 24.8. The average Bonchev–Trinajstić information content (AvgIpc) is 3.45. The number of halogens is 1. The summed E-state index contributed by atoms with van der Waals surface area (Å²) in [5, 5.41) is 16.7. The minimum Gasteiger partial charge on any atom is -0.462 e. The van der Waals surface area contributed by atoms with Gasteiger partial charge in [-0.15, -0.1) is 0 Å². The molecule has 0 saturated carbocycles. The summed E-state index contributed by atoms with van der Waals surface area (Å²) in [6.07, 6.45) is -1.65. The molecule has 3 aromatic rings. The SMILES string of the molecule is CCCCNc1nc(N)nc2c1ncn2[C@@H]1O[C@H](COP(=O)(N[C@@H](C)C(=O)OC(C)C)Oc2ccccc2)[C@@H](O)[C@@]1(C)F. The number of ether oxygens (including phenoxy) is 2. The molecule has 6 atom stereocenters. The van der Waals surface area contributed by atoms with Crippen molar-refractivity contribution in [3.8, 4) is 5.75 Å². The molecule has 1 aliphatic heterocycles. The summed E-state index contributed by atoms with van der Waals surface area (Å²) in [6.45, 7) is 8.08.